The zero-order valence-electron chi connectivity index (χ0n) is 9.62. The smallest absolute Gasteiger partial charge is 0.313 e. The average Bonchev–Trinajstić information content (AvgIpc) is 2.62. The third-order valence-electron chi connectivity index (χ3n) is 2.42. The minimum absolute atomic E-state index is 0.0174. The van der Waals surface area contributed by atoms with E-state index >= 15 is 0 Å². The Morgan fingerprint density at radius 1 is 1.50 bits per heavy atom. The number of tetrazole rings is 1. The first-order chi connectivity index (χ1) is 7.50. The van der Waals surface area contributed by atoms with Gasteiger partial charge in [-0.1, -0.05) is 32.5 Å². The van der Waals surface area contributed by atoms with Crippen molar-refractivity contribution in [2.45, 2.75) is 32.5 Å². The highest BCUT2D eigenvalue weighted by Crippen LogP contribution is 2.17. The summed E-state index contributed by atoms with van der Waals surface area (Å²) in [5, 5.41) is 20.4. The fourth-order valence-corrected chi connectivity index (χ4v) is 1.63. The van der Waals surface area contributed by atoms with Crippen LogP contribution in [0, 0.1) is 11.8 Å². The number of rotatable bonds is 6. The summed E-state index contributed by atoms with van der Waals surface area (Å²) in [6.07, 6.45) is 0. The lowest BCUT2D eigenvalue weighted by atomic mass is 9.98. The van der Waals surface area contributed by atoms with Gasteiger partial charge < -0.3 is 5.11 Å². The molecule has 0 aliphatic heterocycles. The lowest BCUT2D eigenvalue weighted by molar-refractivity contribution is -0.133. The maximum atomic E-state index is 10.4. The first-order valence-corrected chi connectivity index (χ1v) is 6.10. The molecule has 1 N–H and O–H groups in total. The zero-order chi connectivity index (χ0) is 12.1. The highest BCUT2D eigenvalue weighted by molar-refractivity contribution is 7.99. The van der Waals surface area contributed by atoms with Crippen LogP contribution >= 0.6 is 11.8 Å². The molecule has 0 radical (unpaired) electrons. The molecule has 1 heterocycles. The van der Waals surface area contributed by atoms with Gasteiger partial charge in [-0.2, -0.15) is 0 Å². The molecule has 6 nitrogen and oxygen atoms in total. The molecule has 1 aromatic heterocycles. The van der Waals surface area contributed by atoms with Crippen molar-refractivity contribution in [1.82, 2.24) is 20.2 Å². The van der Waals surface area contributed by atoms with Crippen LogP contribution in [0.15, 0.2) is 5.16 Å². The Kier molecular flexibility index (Phi) is 4.72. The lowest BCUT2D eigenvalue weighted by Crippen LogP contribution is -2.15. The van der Waals surface area contributed by atoms with Crippen molar-refractivity contribution in [2.75, 3.05) is 5.75 Å². The van der Waals surface area contributed by atoms with Crippen molar-refractivity contribution in [2.24, 2.45) is 11.8 Å². The summed E-state index contributed by atoms with van der Waals surface area (Å²) in [7, 11) is 0. The minimum atomic E-state index is -0.864. The van der Waals surface area contributed by atoms with Crippen LogP contribution in [0.25, 0.3) is 0 Å². The van der Waals surface area contributed by atoms with Gasteiger partial charge in [-0.15, -0.1) is 5.10 Å². The quantitative estimate of drug-likeness (QED) is 0.756. The largest absolute Gasteiger partial charge is 0.481 e. The van der Waals surface area contributed by atoms with Crippen molar-refractivity contribution in [3.8, 4) is 0 Å². The van der Waals surface area contributed by atoms with E-state index < -0.39 is 5.97 Å². The molecule has 0 aliphatic carbocycles. The molecule has 1 aromatic rings. The van der Waals surface area contributed by atoms with Crippen LogP contribution in [0.4, 0.5) is 0 Å². The van der Waals surface area contributed by atoms with Crippen molar-refractivity contribution in [3.05, 3.63) is 0 Å². The molecular weight excluding hydrogens is 228 g/mol. The Balaban J connectivity index is 2.59. The highest BCUT2D eigenvalue weighted by Gasteiger charge is 2.13. The Bertz CT molecular complexity index is 353. The van der Waals surface area contributed by atoms with Crippen molar-refractivity contribution < 1.29 is 9.90 Å². The van der Waals surface area contributed by atoms with Crippen LogP contribution in [0.5, 0.6) is 0 Å². The Morgan fingerprint density at radius 3 is 2.75 bits per heavy atom. The zero-order valence-corrected chi connectivity index (χ0v) is 10.4. The molecule has 1 rings (SSSR count). The third-order valence-corrected chi connectivity index (χ3v) is 3.36. The van der Waals surface area contributed by atoms with Crippen molar-refractivity contribution in [1.29, 1.82) is 0 Å². The molecule has 0 saturated heterocycles. The number of aliphatic carboxylic acids is 1. The fourth-order valence-electron chi connectivity index (χ4n) is 1.02. The third kappa shape index (κ3) is 3.80. The molecular formula is C9H16N4O2S. The van der Waals surface area contributed by atoms with E-state index in [0.717, 1.165) is 11.8 Å². The fraction of sp³-hybridized carbons (Fsp3) is 0.778. The van der Waals surface area contributed by atoms with Gasteiger partial charge in [0, 0.05) is 6.54 Å². The maximum Gasteiger partial charge on any atom is 0.313 e. The van der Waals surface area contributed by atoms with Gasteiger partial charge >= 0.3 is 5.97 Å². The molecule has 0 aromatic carbocycles. The molecule has 0 fully saturated rings. The number of nitrogens with zero attached hydrogens (tertiary/aromatic N) is 4. The van der Waals surface area contributed by atoms with E-state index in [2.05, 4.69) is 36.3 Å². The first-order valence-electron chi connectivity index (χ1n) is 5.11. The minimum Gasteiger partial charge on any atom is -0.481 e. The van der Waals surface area contributed by atoms with Gasteiger partial charge in [0.25, 0.3) is 0 Å². The predicted octanol–water partition coefficient (Wildman–Crippen LogP) is 1.14. The highest BCUT2D eigenvalue weighted by atomic mass is 32.2. The summed E-state index contributed by atoms with van der Waals surface area (Å²) < 4.78 is 1.66. The van der Waals surface area contributed by atoms with Crippen LogP contribution in [-0.4, -0.2) is 37.0 Å². The van der Waals surface area contributed by atoms with E-state index in [1.807, 2.05) is 0 Å². The van der Waals surface area contributed by atoms with E-state index in [9.17, 15) is 4.79 Å². The van der Waals surface area contributed by atoms with Gasteiger partial charge in [-0.3, -0.25) is 4.79 Å². The summed E-state index contributed by atoms with van der Waals surface area (Å²) in [5.41, 5.74) is 0. The standard InChI is InChI=1S/C9H16N4O2S/c1-6(2)7(3)4-13-9(10-11-12-13)16-5-8(14)15/h6-7H,4-5H2,1-3H3,(H,14,15). The molecule has 1 unspecified atom stereocenters. The van der Waals surface area contributed by atoms with Crippen LogP contribution < -0.4 is 0 Å². The Hall–Kier alpha value is -1.11. The number of hydrogen-bond donors (Lipinski definition) is 1. The van der Waals surface area contributed by atoms with Gasteiger partial charge in [0.15, 0.2) is 0 Å². The van der Waals surface area contributed by atoms with Gasteiger partial charge in [-0.25, -0.2) is 4.68 Å². The number of hydrogen-bond acceptors (Lipinski definition) is 5. The molecule has 0 aliphatic rings. The monoisotopic (exact) mass is 244 g/mol. The average molecular weight is 244 g/mol. The van der Waals surface area contributed by atoms with E-state index in [-0.39, 0.29) is 5.75 Å². The molecule has 0 saturated carbocycles. The van der Waals surface area contributed by atoms with E-state index in [4.69, 9.17) is 5.11 Å². The van der Waals surface area contributed by atoms with E-state index in [1.54, 1.807) is 4.68 Å². The molecule has 1 atom stereocenters. The van der Waals surface area contributed by atoms with Gasteiger partial charge in [0.05, 0.1) is 5.75 Å². The molecule has 7 heteroatoms. The predicted molar refractivity (Wildman–Crippen MR) is 60.2 cm³/mol. The van der Waals surface area contributed by atoms with Crippen LogP contribution in [0.1, 0.15) is 20.8 Å². The van der Waals surface area contributed by atoms with Crippen molar-refractivity contribution in [3.63, 3.8) is 0 Å². The van der Waals surface area contributed by atoms with Crippen LogP contribution in [-0.2, 0) is 11.3 Å². The van der Waals surface area contributed by atoms with E-state index in [0.29, 0.717) is 23.5 Å². The lowest BCUT2D eigenvalue weighted by Gasteiger charge is -2.15. The number of aromatic nitrogens is 4. The Labute approximate surface area is 98.4 Å². The summed E-state index contributed by atoms with van der Waals surface area (Å²) in [6, 6.07) is 0. The number of thioether (sulfide) groups is 1. The second-order valence-electron chi connectivity index (χ2n) is 4.05. The Morgan fingerprint density at radius 2 is 2.19 bits per heavy atom. The second-order valence-corrected chi connectivity index (χ2v) is 4.99. The summed E-state index contributed by atoms with van der Waals surface area (Å²) in [6.45, 7) is 7.11. The topological polar surface area (TPSA) is 80.9 Å². The first kappa shape index (κ1) is 13.0. The van der Waals surface area contributed by atoms with Gasteiger partial charge in [0.1, 0.15) is 0 Å². The van der Waals surface area contributed by atoms with Crippen LogP contribution in [0.3, 0.4) is 0 Å². The molecule has 0 spiro atoms. The van der Waals surface area contributed by atoms with Crippen LogP contribution in [0.2, 0.25) is 0 Å². The van der Waals surface area contributed by atoms with Gasteiger partial charge in [-0.05, 0) is 22.3 Å². The molecule has 16 heavy (non-hydrogen) atoms. The summed E-state index contributed by atoms with van der Waals surface area (Å²) in [4.78, 5) is 10.4. The summed E-state index contributed by atoms with van der Waals surface area (Å²) >= 11 is 1.14. The molecule has 90 valence electrons. The van der Waals surface area contributed by atoms with E-state index in [1.165, 1.54) is 0 Å². The second kappa shape index (κ2) is 5.83. The SMILES string of the molecule is CC(C)C(C)Cn1nnnc1SCC(=O)O. The maximum absolute atomic E-state index is 10.4. The van der Waals surface area contributed by atoms with Gasteiger partial charge in [0.2, 0.25) is 5.16 Å². The normalized spacial score (nSPS) is 13.0. The molecule has 0 bridgehead atoms. The molecule has 0 amide bonds. The van der Waals surface area contributed by atoms with Crippen molar-refractivity contribution >= 4 is 17.7 Å². The summed E-state index contributed by atoms with van der Waals surface area (Å²) in [5.74, 6) is 0.113. The number of carboxylic acids is 1. The number of carbonyl (C=O) groups is 1. The number of carboxylic acid groups (broad SMARTS) is 1.